The lowest BCUT2D eigenvalue weighted by Gasteiger charge is -2.31. The Labute approximate surface area is 117 Å². The first kappa shape index (κ1) is 15.6. The number of benzene rings is 1. The molecule has 1 unspecified atom stereocenters. The van der Waals surface area contributed by atoms with E-state index in [4.69, 9.17) is 0 Å². The summed E-state index contributed by atoms with van der Waals surface area (Å²) in [6, 6.07) is 9.38. The average molecular weight is 265 g/mol. The van der Waals surface area contributed by atoms with Gasteiger partial charge in [-0.05, 0) is 37.4 Å². The Morgan fingerprint density at radius 1 is 1.17 bits per heavy atom. The van der Waals surface area contributed by atoms with Crippen molar-refractivity contribution < 1.29 is 0 Å². The number of thioether (sulfide) groups is 1. The standard InChI is InChI=1S/C16H27NS/c1-6-11-17-15(16(3,4)5)12-18-14-9-7-13(2)8-10-14/h7-10,15,17H,6,11-12H2,1-5H3. The van der Waals surface area contributed by atoms with Gasteiger partial charge in [-0.1, -0.05) is 45.4 Å². The van der Waals surface area contributed by atoms with Crippen LogP contribution >= 0.6 is 11.8 Å². The molecule has 0 bridgehead atoms. The molecule has 0 radical (unpaired) electrons. The molecule has 1 aromatic rings. The van der Waals surface area contributed by atoms with Gasteiger partial charge in [0.2, 0.25) is 0 Å². The Morgan fingerprint density at radius 2 is 1.78 bits per heavy atom. The topological polar surface area (TPSA) is 12.0 Å². The first-order valence-corrected chi connectivity index (χ1v) is 7.85. The summed E-state index contributed by atoms with van der Waals surface area (Å²) in [4.78, 5) is 1.37. The van der Waals surface area contributed by atoms with E-state index < -0.39 is 0 Å². The maximum Gasteiger partial charge on any atom is 0.0210 e. The highest BCUT2D eigenvalue weighted by molar-refractivity contribution is 7.99. The first-order valence-electron chi connectivity index (χ1n) is 6.86. The van der Waals surface area contributed by atoms with Crippen molar-refractivity contribution in [2.45, 2.75) is 52.0 Å². The summed E-state index contributed by atoms with van der Waals surface area (Å²) in [7, 11) is 0. The summed E-state index contributed by atoms with van der Waals surface area (Å²) >= 11 is 1.95. The first-order chi connectivity index (χ1) is 8.43. The number of aryl methyl sites for hydroxylation is 1. The van der Waals surface area contributed by atoms with E-state index in [0.717, 1.165) is 12.3 Å². The zero-order chi connectivity index (χ0) is 13.6. The third-order valence-electron chi connectivity index (χ3n) is 3.12. The number of rotatable bonds is 6. The number of hydrogen-bond acceptors (Lipinski definition) is 2. The molecule has 102 valence electrons. The largest absolute Gasteiger partial charge is 0.313 e. The van der Waals surface area contributed by atoms with Gasteiger partial charge in [0.05, 0.1) is 0 Å². The van der Waals surface area contributed by atoms with E-state index in [0.29, 0.717) is 11.5 Å². The maximum absolute atomic E-state index is 3.67. The predicted molar refractivity (Wildman–Crippen MR) is 83.4 cm³/mol. The van der Waals surface area contributed by atoms with E-state index in [9.17, 15) is 0 Å². The second-order valence-electron chi connectivity index (χ2n) is 6.00. The van der Waals surface area contributed by atoms with Crippen LogP contribution in [0.25, 0.3) is 0 Å². The summed E-state index contributed by atoms with van der Waals surface area (Å²) in [5.41, 5.74) is 1.64. The van der Waals surface area contributed by atoms with E-state index in [1.807, 2.05) is 11.8 Å². The Balaban J connectivity index is 2.53. The Kier molecular flexibility index (Phi) is 6.24. The molecule has 1 aromatic carbocycles. The van der Waals surface area contributed by atoms with Crippen molar-refractivity contribution in [1.29, 1.82) is 0 Å². The maximum atomic E-state index is 3.67. The molecular weight excluding hydrogens is 238 g/mol. The zero-order valence-corrected chi connectivity index (χ0v) is 13.2. The highest BCUT2D eigenvalue weighted by Gasteiger charge is 2.23. The number of hydrogen-bond donors (Lipinski definition) is 1. The van der Waals surface area contributed by atoms with Crippen molar-refractivity contribution >= 4 is 11.8 Å². The molecule has 1 rings (SSSR count). The van der Waals surface area contributed by atoms with Gasteiger partial charge >= 0.3 is 0 Å². The van der Waals surface area contributed by atoms with Crippen molar-refractivity contribution in [1.82, 2.24) is 5.32 Å². The van der Waals surface area contributed by atoms with Crippen LogP contribution in [0.1, 0.15) is 39.7 Å². The SMILES string of the molecule is CCCNC(CSc1ccc(C)cc1)C(C)(C)C. The molecule has 1 atom stereocenters. The van der Waals surface area contributed by atoms with Crippen LogP contribution in [-0.4, -0.2) is 18.3 Å². The van der Waals surface area contributed by atoms with Crippen LogP contribution in [0, 0.1) is 12.3 Å². The van der Waals surface area contributed by atoms with Crippen LogP contribution in [0.5, 0.6) is 0 Å². The average Bonchev–Trinajstić information content (AvgIpc) is 2.30. The third-order valence-corrected chi connectivity index (χ3v) is 4.23. The lowest BCUT2D eigenvalue weighted by molar-refractivity contribution is 0.292. The van der Waals surface area contributed by atoms with Gasteiger partial charge in [0.15, 0.2) is 0 Å². The fourth-order valence-corrected chi connectivity index (χ4v) is 3.05. The van der Waals surface area contributed by atoms with Crippen molar-refractivity contribution in [3.8, 4) is 0 Å². The smallest absolute Gasteiger partial charge is 0.0210 e. The van der Waals surface area contributed by atoms with Gasteiger partial charge < -0.3 is 5.32 Å². The Bertz CT molecular complexity index is 337. The van der Waals surface area contributed by atoms with Gasteiger partial charge in [-0.15, -0.1) is 11.8 Å². The lowest BCUT2D eigenvalue weighted by atomic mass is 9.88. The van der Waals surface area contributed by atoms with E-state index in [-0.39, 0.29) is 0 Å². The van der Waals surface area contributed by atoms with Gasteiger partial charge in [-0.25, -0.2) is 0 Å². The molecular formula is C16H27NS. The quantitative estimate of drug-likeness (QED) is 0.760. The molecule has 0 saturated heterocycles. The summed E-state index contributed by atoms with van der Waals surface area (Å²) < 4.78 is 0. The summed E-state index contributed by atoms with van der Waals surface area (Å²) in [6.45, 7) is 12.4. The summed E-state index contributed by atoms with van der Waals surface area (Å²) in [5.74, 6) is 1.13. The van der Waals surface area contributed by atoms with Crippen LogP contribution in [-0.2, 0) is 0 Å². The van der Waals surface area contributed by atoms with Crippen molar-refractivity contribution in [3.63, 3.8) is 0 Å². The minimum Gasteiger partial charge on any atom is -0.313 e. The highest BCUT2D eigenvalue weighted by atomic mass is 32.2. The van der Waals surface area contributed by atoms with Gasteiger partial charge in [0.1, 0.15) is 0 Å². The summed E-state index contributed by atoms with van der Waals surface area (Å²) in [5, 5.41) is 3.67. The molecule has 0 amide bonds. The molecule has 1 nitrogen and oxygen atoms in total. The summed E-state index contributed by atoms with van der Waals surface area (Å²) in [6.07, 6.45) is 1.20. The second-order valence-corrected chi connectivity index (χ2v) is 7.09. The second kappa shape index (κ2) is 7.20. The van der Waals surface area contributed by atoms with Crippen LogP contribution in [0.2, 0.25) is 0 Å². The van der Waals surface area contributed by atoms with Gasteiger partial charge in [-0.2, -0.15) is 0 Å². The monoisotopic (exact) mass is 265 g/mol. The molecule has 0 spiro atoms. The minimum absolute atomic E-state index is 0.312. The van der Waals surface area contributed by atoms with Crippen molar-refractivity contribution in [2.75, 3.05) is 12.3 Å². The highest BCUT2D eigenvalue weighted by Crippen LogP contribution is 2.26. The molecule has 18 heavy (non-hydrogen) atoms. The van der Waals surface area contributed by atoms with Crippen LogP contribution in [0.4, 0.5) is 0 Å². The number of nitrogens with one attached hydrogen (secondary N) is 1. The van der Waals surface area contributed by atoms with Crippen molar-refractivity contribution in [2.24, 2.45) is 5.41 Å². The van der Waals surface area contributed by atoms with Crippen LogP contribution in [0.3, 0.4) is 0 Å². The molecule has 1 N–H and O–H groups in total. The van der Waals surface area contributed by atoms with Gasteiger partial charge in [0.25, 0.3) is 0 Å². The predicted octanol–water partition coefficient (Wildman–Crippen LogP) is 4.50. The fraction of sp³-hybridized carbons (Fsp3) is 0.625. The van der Waals surface area contributed by atoms with Crippen LogP contribution in [0.15, 0.2) is 29.2 Å². The Morgan fingerprint density at radius 3 is 2.28 bits per heavy atom. The molecule has 0 aliphatic heterocycles. The normalized spacial score (nSPS) is 13.6. The van der Waals surface area contributed by atoms with Crippen LogP contribution < -0.4 is 5.32 Å². The molecule has 2 heteroatoms. The minimum atomic E-state index is 0.312. The Hall–Kier alpha value is -0.470. The zero-order valence-electron chi connectivity index (χ0n) is 12.4. The van der Waals surface area contributed by atoms with E-state index in [2.05, 4.69) is 64.2 Å². The van der Waals surface area contributed by atoms with E-state index in [1.54, 1.807) is 0 Å². The lowest BCUT2D eigenvalue weighted by Crippen LogP contribution is -2.42. The molecule has 0 aliphatic carbocycles. The van der Waals surface area contributed by atoms with Gasteiger partial charge in [-0.3, -0.25) is 0 Å². The van der Waals surface area contributed by atoms with Crippen molar-refractivity contribution in [3.05, 3.63) is 29.8 Å². The molecule has 0 aliphatic rings. The molecule has 0 aromatic heterocycles. The molecule has 0 heterocycles. The van der Waals surface area contributed by atoms with Gasteiger partial charge in [0, 0.05) is 16.7 Å². The van der Waals surface area contributed by atoms with E-state index in [1.165, 1.54) is 16.9 Å². The molecule has 0 saturated carbocycles. The fourth-order valence-electron chi connectivity index (χ4n) is 1.75. The third kappa shape index (κ3) is 5.45. The molecule has 0 fully saturated rings. The van der Waals surface area contributed by atoms with E-state index >= 15 is 0 Å².